The first-order valence-corrected chi connectivity index (χ1v) is 10.8. The van der Waals surface area contributed by atoms with Crippen LogP contribution in [0, 0.1) is 18.2 Å². The molecule has 0 spiro atoms. The molecule has 194 valence electrons. The van der Waals surface area contributed by atoms with Gasteiger partial charge in [0.2, 0.25) is 0 Å². The quantitative estimate of drug-likeness (QED) is 0.365. The predicted molar refractivity (Wildman–Crippen MR) is 119 cm³/mol. The number of anilines is 1. The van der Waals surface area contributed by atoms with Gasteiger partial charge < -0.3 is 19.5 Å². The van der Waals surface area contributed by atoms with Crippen molar-refractivity contribution >= 4 is 16.7 Å². The van der Waals surface area contributed by atoms with Crippen LogP contribution in [0.4, 0.5) is 32.2 Å². The number of rotatable bonds is 9. The van der Waals surface area contributed by atoms with Crippen molar-refractivity contribution in [2.24, 2.45) is 5.41 Å². The third kappa shape index (κ3) is 5.13. The Bertz CT molecular complexity index is 1280. The molecule has 1 fully saturated rings. The van der Waals surface area contributed by atoms with Gasteiger partial charge in [-0.3, -0.25) is 0 Å². The molecular weight excluding hydrogens is 492 g/mol. The van der Waals surface area contributed by atoms with E-state index < -0.39 is 28.9 Å². The molecular formula is C24H23F6N3O3. The number of methoxy groups -OCH3 is 2. The molecule has 0 saturated heterocycles. The first-order valence-electron chi connectivity index (χ1n) is 10.8. The van der Waals surface area contributed by atoms with E-state index in [0.717, 1.165) is 12.1 Å². The standard InChI is InChI=1S/C24H23F6N3O3/c1-13-32-18-8-19(35-3)20(36-12-22(11-34-2)10-23(22,26)27)7-17(18)21(33-13)31-9-14-4-15(24(28,29)30)6-16(25)5-14/h4-8H,9-12H2,1-3H3,(H,31,32,33). The average molecular weight is 515 g/mol. The molecule has 0 aliphatic heterocycles. The minimum Gasteiger partial charge on any atom is -0.493 e. The monoisotopic (exact) mass is 515 g/mol. The Kier molecular flexibility index (Phi) is 6.67. The van der Waals surface area contributed by atoms with Crippen molar-refractivity contribution in [1.82, 2.24) is 9.97 Å². The highest BCUT2D eigenvalue weighted by Crippen LogP contribution is 2.60. The zero-order valence-electron chi connectivity index (χ0n) is 19.6. The fourth-order valence-electron chi connectivity index (χ4n) is 3.99. The summed E-state index contributed by atoms with van der Waals surface area (Å²) in [7, 11) is 2.72. The van der Waals surface area contributed by atoms with Crippen LogP contribution < -0.4 is 14.8 Å². The van der Waals surface area contributed by atoms with Gasteiger partial charge in [-0.15, -0.1) is 0 Å². The summed E-state index contributed by atoms with van der Waals surface area (Å²) in [4.78, 5) is 8.65. The lowest BCUT2D eigenvalue weighted by Crippen LogP contribution is -2.25. The molecule has 1 saturated carbocycles. The van der Waals surface area contributed by atoms with Crippen LogP contribution in [0.2, 0.25) is 0 Å². The summed E-state index contributed by atoms with van der Waals surface area (Å²) in [5.41, 5.74) is -2.08. The number of aryl methyl sites for hydroxylation is 1. The molecule has 4 rings (SSSR count). The fraction of sp³-hybridized carbons (Fsp3) is 0.417. The second-order valence-corrected chi connectivity index (χ2v) is 8.72. The number of aromatic nitrogens is 2. The number of ether oxygens (including phenoxy) is 3. The molecule has 1 N–H and O–H groups in total. The van der Waals surface area contributed by atoms with Gasteiger partial charge in [-0.05, 0) is 36.8 Å². The highest BCUT2D eigenvalue weighted by atomic mass is 19.4. The maximum Gasteiger partial charge on any atom is 0.416 e. The second kappa shape index (κ2) is 9.30. The fourth-order valence-corrected chi connectivity index (χ4v) is 3.99. The van der Waals surface area contributed by atoms with Crippen molar-refractivity contribution in [3.05, 3.63) is 53.1 Å². The molecule has 2 aromatic carbocycles. The lowest BCUT2D eigenvalue weighted by Gasteiger charge is -2.19. The van der Waals surface area contributed by atoms with Gasteiger partial charge >= 0.3 is 6.18 Å². The van der Waals surface area contributed by atoms with Crippen LogP contribution in [0.5, 0.6) is 11.5 Å². The topological polar surface area (TPSA) is 65.5 Å². The predicted octanol–water partition coefficient (Wildman–Crippen LogP) is 5.77. The lowest BCUT2D eigenvalue weighted by atomic mass is 10.1. The molecule has 36 heavy (non-hydrogen) atoms. The van der Waals surface area contributed by atoms with Gasteiger partial charge in [-0.2, -0.15) is 13.2 Å². The van der Waals surface area contributed by atoms with Gasteiger partial charge in [0, 0.05) is 31.5 Å². The minimum absolute atomic E-state index is 0.0502. The molecule has 1 atom stereocenters. The van der Waals surface area contributed by atoms with E-state index in [1.54, 1.807) is 13.0 Å². The Balaban J connectivity index is 1.64. The van der Waals surface area contributed by atoms with E-state index in [9.17, 15) is 26.3 Å². The summed E-state index contributed by atoms with van der Waals surface area (Å²) in [6.07, 6.45) is -5.07. The molecule has 3 aromatic rings. The molecule has 1 aliphatic carbocycles. The summed E-state index contributed by atoms with van der Waals surface area (Å²) in [6, 6.07) is 5.30. The van der Waals surface area contributed by atoms with Gasteiger partial charge in [0.25, 0.3) is 5.92 Å². The second-order valence-electron chi connectivity index (χ2n) is 8.72. The third-order valence-electron chi connectivity index (χ3n) is 5.97. The Hall–Kier alpha value is -3.28. The van der Waals surface area contributed by atoms with Gasteiger partial charge in [-0.1, -0.05) is 0 Å². The number of nitrogens with zero attached hydrogens (tertiary/aromatic N) is 2. The van der Waals surface area contributed by atoms with E-state index in [-0.39, 0.29) is 49.1 Å². The molecule has 1 aliphatic rings. The van der Waals surface area contributed by atoms with Crippen LogP contribution >= 0.6 is 0 Å². The van der Waals surface area contributed by atoms with E-state index in [1.165, 1.54) is 20.3 Å². The Labute approximate surface area is 202 Å². The minimum atomic E-state index is -4.70. The number of hydrogen-bond donors (Lipinski definition) is 1. The molecule has 12 heteroatoms. The van der Waals surface area contributed by atoms with Crippen LogP contribution in [0.15, 0.2) is 30.3 Å². The SMILES string of the molecule is COCC1(COc2cc3c(NCc4cc(F)cc(C(F)(F)F)c4)nc(C)nc3cc2OC)CC1(F)F. The Morgan fingerprint density at radius 1 is 1.00 bits per heavy atom. The lowest BCUT2D eigenvalue weighted by molar-refractivity contribution is -0.137. The number of hydrogen-bond acceptors (Lipinski definition) is 6. The van der Waals surface area contributed by atoms with Crippen molar-refractivity contribution in [2.75, 3.05) is 32.8 Å². The van der Waals surface area contributed by atoms with Crippen LogP contribution in [0.3, 0.4) is 0 Å². The van der Waals surface area contributed by atoms with Gasteiger partial charge in [0.1, 0.15) is 24.1 Å². The van der Waals surface area contributed by atoms with Gasteiger partial charge in [0.15, 0.2) is 11.5 Å². The maximum absolute atomic E-state index is 14.0. The summed E-state index contributed by atoms with van der Waals surface area (Å²) < 4.78 is 96.9. The van der Waals surface area contributed by atoms with Crippen LogP contribution in [-0.4, -0.2) is 43.3 Å². The van der Waals surface area contributed by atoms with E-state index >= 15 is 0 Å². The first-order chi connectivity index (χ1) is 16.9. The van der Waals surface area contributed by atoms with E-state index in [4.69, 9.17) is 14.2 Å². The van der Waals surface area contributed by atoms with Crippen molar-refractivity contribution in [3.8, 4) is 11.5 Å². The average Bonchev–Trinajstić information content (AvgIpc) is 3.34. The largest absolute Gasteiger partial charge is 0.493 e. The third-order valence-corrected chi connectivity index (χ3v) is 5.97. The molecule has 1 heterocycles. The highest BCUT2D eigenvalue weighted by Gasteiger charge is 2.71. The normalized spacial score (nSPS) is 18.8. The zero-order chi connectivity index (χ0) is 26.3. The number of benzene rings is 2. The number of fused-ring (bicyclic) bond motifs is 1. The van der Waals surface area contributed by atoms with Crippen LogP contribution in [0.25, 0.3) is 10.9 Å². The summed E-state index contributed by atoms with van der Waals surface area (Å²) in [5.74, 6) is -2.93. The van der Waals surface area contributed by atoms with E-state index in [0.29, 0.717) is 22.8 Å². The molecule has 6 nitrogen and oxygen atoms in total. The van der Waals surface area contributed by atoms with Crippen molar-refractivity contribution in [2.45, 2.75) is 32.0 Å². The molecule has 0 radical (unpaired) electrons. The summed E-state index contributed by atoms with van der Waals surface area (Å²) >= 11 is 0. The molecule has 0 amide bonds. The molecule has 1 unspecified atom stereocenters. The Morgan fingerprint density at radius 2 is 1.72 bits per heavy atom. The van der Waals surface area contributed by atoms with Crippen molar-refractivity contribution < 1.29 is 40.6 Å². The summed E-state index contributed by atoms with van der Waals surface area (Å²) in [6.45, 7) is 0.945. The smallest absolute Gasteiger partial charge is 0.416 e. The number of halogens is 6. The van der Waals surface area contributed by atoms with Gasteiger partial charge in [0.05, 0.1) is 30.2 Å². The van der Waals surface area contributed by atoms with Crippen LogP contribution in [0.1, 0.15) is 23.4 Å². The van der Waals surface area contributed by atoms with Gasteiger partial charge in [-0.25, -0.2) is 23.1 Å². The number of nitrogens with one attached hydrogen (secondary N) is 1. The molecule has 1 aromatic heterocycles. The first kappa shape index (κ1) is 25.8. The van der Waals surface area contributed by atoms with E-state index in [2.05, 4.69) is 15.3 Å². The van der Waals surface area contributed by atoms with E-state index in [1.807, 2.05) is 0 Å². The van der Waals surface area contributed by atoms with Crippen molar-refractivity contribution in [1.29, 1.82) is 0 Å². The zero-order valence-corrected chi connectivity index (χ0v) is 19.6. The maximum atomic E-state index is 14.0. The number of alkyl halides is 5. The highest BCUT2D eigenvalue weighted by molar-refractivity contribution is 5.91. The Morgan fingerprint density at radius 3 is 2.33 bits per heavy atom. The summed E-state index contributed by atoms with van der Waals surface area (Å²) in [5, 5.41) is 3.32. The van der Waals surface area contributed by atoms with Crippen molar-refractivity contribution in [3.63, 3.8) is 0 Å². The molecule has 0 bridgehead atoms. The van der Waals surface area contributed by atoms with Crippen LogP contribution in [-0.2, 0) is 17.5 Å².